The summed E-state index contributed by atoms with van der Waals surface area (Å²) in [6.07, 6.45) is 2.74. The van der Waals surface area contributed by atoms with Crippen molar-refractivity contribution in [3.63, 3.8) is 0 Å². The van der Waals surface area contributed by atoms with Gasteiger partial charge in [0.2, 0.25) is 0 Å². The van der Waals surface area contributed by atoms with Gasteiger partial charge in [0, 0.05) is 12.6 Å². The highest BCUT2D eigenvalue weighted by Crippen LogP contribution is 2.23. The summed E-state index contributed by atoms with van der Waals surface area (Å²) < 4.78 is 11.1. The fourth-order valence-electron chi connectivity index (χ4n) is 3.08. The van der Waals surface area contributed by atoms with Gasteiger partial charge in [-0.2, -0.15) is 0 Å². The second-order valence-corrected chi connectivity index (χ2v) is 6.80. The van der Waals surface area contributed by atoms with E-state index in [1.807, 2.05) is 54.6 Å². The van der Waals surface area contributed by atoms with Gasteiger partial charge in [0.05, 0.1) is 35.7 Å². The number of hydrogen-bond acceptors (Lipinski definition) is 5. The van der Waals surface area contributed by atoms with Gasteiger partial charge in [0.25, 0.3) is 5.91 Å². The first kappa shape index (κ1) is 18.7. The number of furan rings is 1. The molecule has 0 aliphatic rings. The number of ether oxygens (including phenoxy) is 1. The molecule has 2 aromatic carbocycles. The van der Waals surface area contributed by atoms with E-state index in [1.54, 1.807) is 37.4 Å². The van der Waals surface area contributed by atoms with Crippen molar-refractivity contribution in [3.05, 3.63) is 78.9 Å². The monoisotopic (exact) mass is 387 g/mol. The van der Waals surface area contributed by atoms with Gasteiger partial charge >= 0.3 is 0 Å². The molecule has 0 fully saturated rings. The Morgan fingerprint density at radius 2 is 1.83 bits per heavy atom. The number of likely N-dealkylation sites (N-methyl/N-ethyl adjacent to an activating group) is 1. The number of hydrogen-bond donors (Lipinski definition) is 0. The van der Waals surface area contributed by atoms with Crippen molar-refractivity contribution in [2.75, 3.05) is 7.05 Å². The van der Waals surface area contributed by atoms with Gasteiger partial charge in [-0.25, -0.2) is 4.98 Å². The molecule has 4 rings (SSSR count). The number of benzene rings is 2. The molecule has 0 aliphatic heterocycles. The zero-order chi connectivity index (χ0) is 20.2. The smallest absolute Gasteiger partial charge is 0.263 e. The molecule has 0 N–H and O–H groups in total. The molecule has 0 saturated carbocycles. The summed E-state index contributed by atoms with van der Waals surface area (Å²) in [6, 6.07) is 18.9. The fraction of sp³-hybridized carbons (Fsp3) is 0.174. The summed E-state index contributed by atoms with van der Waals surface area (Å²) in [5.41, 5.74) is 3.44. The Labute approximate surface area is 168 Å². The van der Waals surface area contributed by atoms with Gasteiger partial charge in [0.15, 0.2) is 6.10 Å². The normalized spacial score (nSPS) is 11.9. The van der Waals surface area contributed by atoms with E-state index in [0.29, 0.717) is 12.3 Å². The van der Waals surface area contributed by atoms with Gasteiger partial charge in [-0.3, -0.25) is 9.78 Å². The van der Waals surface area contributed by atoms with Crippen LogP contribution < -0.4 is 4.74 Å². The standard InChI is InChI=1S/C23H21N3O3/c1-16(23(27)26(2)15-19-6-5-13-28-19)29-18-11-9-17(10-12-18)22-14-24-20-7-3-4-8-21(20)25-22/h3-14,16H,15H2,1-2H3. The Morgan fingerprint density at radius 1 is 1.07 bits per heavy atom. The number of nitrogens with zero attached hydrogens (tertiary/aromatic N) is 3. The van der Waals surface area contributed by atoms with Crippen molar-refractivity contribution in [1.82, 2.24) is 14.9 Å². The average Bonchev–Trinajstić information content (AvgIpc) is 3.26. The number of carbonyl (C=O) groups excluding carboxylic acids is 1. The highest BCUT2D eigenvalue weighted by molar-refractivity contribution is 5.80. The van der Waals surface area contributed by atoms with E-state index in [-0.39, 0.29) is 5.91 Å². The van der Waals surface area contributed by atoms with Crippen LogP contribution in [0, 0.1) is 0 Å². The molecule has 0 radical (unpaired) electrons. The molecule has 6 nitrogen and oxygen atoms in total. The van der Waals surface area contributed by atoms with Crippen LogP contribution in [-0.4, -0.2) is 33.9 Å². The third kappa shape index (κ3) is 4.27. The Balaban J connectivity index is 1.42. The Hall–Kier alpha value is -3.67. The molecule has 0 spiro atoms. The molecule has 1 amide bonds. The highest BCUT2D eigenvalue weighted by atomic mass is 16.5. The van der Waals surface area contributed by atoms with Crippen LogP contribution in [0.5, 0.6) is 5.75 Å². The largest absolute Gasteiger partial charge is 0.481 e. The minimum Gasteiger partial charge on any atom is -0.481 e. The van der Waals surface area contributed by atoms with Crippen LogP contribution in [0.4, 0.5) is 0 Å². The maximum absolute atomic E-state index is 12.5. The lowest BCUT2D eigenvalue weighted by atomic mass is 10.1. The number of fused-ring (bicyclic) bond motifs is 1. The summed E-state index contributed by atoms with van der Waals surface area (Å²) >= 11 is 0. The van der Waals surface area contributed by atoms with Crippen molar-refractivity contribution in [3.8, 4) is 17.0 Å². The number of rotatable bonds is 6. The van der Waals surface area contributed by atoms with E-state index in [9.17, 15) is 4.79 Å². The molecule has 1 atom stereocenters. The zero-order valence-electron chi connectivity index (χ0n) is 16.3. The van der Waals surface area contributed by atoms with Gasteiger partial charge in [-0.15, -0.1) is 0 Å². The van der Waals surface area contributed by atoms with Crippen LogP contribution >= 0.6 is 0 Å². The highest BCUT2D eigenvalue weighted by Gasteiger charge is 2.20. The lowest BCUT2D eigenvalue weighted by Gasteiger charge is -2.21. The molecular formula is C23H21N3O3. The Bertz CT molecular complexity index is 1110. The third-order valence-electron chi connectivity index (χ3n) is 4.61. The zero-order valence-corrected chi connectivity index (χ0v) is 16.3. The second-order valence-electron chi connectivity index (χ2n) is 6.80. The summed E-state index contributed by atoms with van der Waals surface area (Å²) in [5, 5.41) is 0. The van der Waals surface area contributed by atoms with Crippen LogP contribution in [0.25, 0.3) is 22.3 Å². The predicted molar refractivity (Wildman–Crippen MR) is 110 cm³/mol. The quantitative estimate of drug-likeness (QED) is 0.493. The maximum Gasteiger partial charge on any atom is 0.263 e. The second kappa shape index (κ2) is 8.14. The van der Waals surface area contributed by atoms with Crippen molar-refractivity contribution >= 4 is 16.9 Å². The van der Waals surface area contributed by atoms with Crippen LogP contribution in [-0.2, 0) is 11.3 Å². The number of para-hydroxylation sites is 2. The molecule has 0 aliphatic carbocycles. The molecule has 1 unspecified atom stereocenters. The molecule has 2 heterocycles. The van der Waals surface area contributed by atoms with Crippen molar-refractivity contribution in [1.29, 1.82) is 0 Å². The number of aromatic nitrogens is 2. The average molecular weight is 387 g/mol. The molecule has 0 saturated heterocycles. The molecule has 2 aromatic heterocycles. The van der Waals surface area contributed by atoms with E-state index >= 15 is 0 Å². The molecular weight excluding hydrogens is 366 g/mol. The lowest BCUT2D eigenvalue weighted by Crippen LogP contribution is -2.37. The van der Waals surface area contributed by atoms with E-state index in [2.05, 4.69) is 9.97 Å². The predicted octanol–water partition coefficient (Wildman–Crippen LogP) is 4.32. The van der Waals surface area contributed by atoms with Gasteiger partial charge in [-0.05, 0) is 55.5 Å². The van der Waals surface area contributed by atoms with Crippen LogP contribution in [0.1, 0.15) is 12.7 Å². The van der Waals surface area contributed by atoms with E-state index < -0.39 is 6.10 Å². The topological polar surface area (TPSA) is 68.5 Å². The Morgan fingerprint density at radius 3 is 2.55 bits per heavy atom. The third-order valence-corrected chi connectivity index (χ3v) is 4.61. The van der Waals surface area contributed by atoms with E-state index in [1.165, 1.54) is 0 Å². The summed E-state index contributed by atoms with van der Waals surface area (Å²) in [5.74, 6) is 1.23. The van der Waals surface area contributed by atoms with Crippen molar-refractivity contribution in [2.45, 2.75) is 19.6 Å². The first-order valence-electron chi connectivity index (χ1n) is 9.36. The van der Waals surface area contributed by atoms with E-state index in [4.69, 9.17) is 9.15 Å². The number of amides is 1. The summed E-state index contributed by atoms with van der Waals surface area (Å²) in [4.78, 5) is 23.2. The SMILES string of the molecule is CC(Oc1ccc(-c2cnc3ccccc3n2)cc1)C(=O)N(C)Cc1ccco1. The number of carbonyl (C=O) groups is 1. The van der Waals surface area contributed by atoms with Crippen LogP contribution in [0.2, 0.25) is 0 Å². The fourth-order valence-corrected chi connectivity index (χ4v) is 3.08. The minimum absolute atomic E-state index is 0.120. The van der Waals surface area contributed by atoms with Gasteiger partial charge < -0.3 is 14.1 Å². The van der Waals surface area contributed by atoms with Crippen LogP contribution in [0.15, 0.2) is 77.5 Å². The van der Waals surface area contributed by atoms with Crippen molar-refractivity contribution < 1.29 is 13.9 Å². The first-order valence-corrected chi connectivity index (χ1v) is 9.36. The lowest BCUT2D eigenvalue weighted by molar-refractivity contribution is -0.137. The van der Waals surface area contributed by atoms with E-state index in [0.717, 1.165) is 28.1 Å². The Kier molecular flexibility index (Phi) is 5.24. The first-order chi connectivity index (χ1) is 14.1. The molecule has 0 bridgehead atoms. The summed E-state index contributed by atoms with van der Waals surface area (Å²) in [6.45, 7) is 2.14. The summed E-state index contributed by atoms with van der Waals surface area (Å²) in [7, 11) is 1.73. The molecule has 146 valence electrons. The molecule has 4 aromatic rings. The molecule has 29 heavy (non-hydrogen) atoms. The van der Waals surface area contributed by atoms with Gasteiger partial charge in [0.1, 0.15) is 11.5 Å². The van der Waals surface area contributed by atoms with Gasteiger partial charge in [-0.1, -0.05) is 12.1 Å². The maximum atomic E-state index is 12.5. The van der Waals surface area contributed by atoms with Crippen LogP contribution in [0.3, 0.4) is 0 Å². The van der Waals surface area contributed by atoms with Crippen molar-refractivity contribution in [2.24, 2.45) is 0 Å². The molecule has 6 heteroatoms. The minimum atomic E-state index is -0.610.